The highest BCUT2D eigenvalue weighted by Crippen LogP contribution is 2.17. The third-order valence-electron chi connectivity index (χ3n) is 2.66. The predicted molar refractivity (Wildman–Crippen MR) is 69.0 cm³/mol. The molecule has 1 aromatic rings. The Labute approximate surface area is 108 Å². The van der Waals surface area contributed by atoms with E-state index in [0.717, 1.165) is 0 Å². The minimum Gasteiger partial charge on any atom is -0.497 e. The van der Waals surface area contributed by atoms with Crippen LogP contribution in [0.1, 0.15) is 13.8 Å². The molecule has 2 N–H and O–H groups in total. The summed E-state index contributed by atoms with van der Waals surface area (Å²) in [6, 6.07) is 5.71. The molecule has 0 spiro atoms. The molecule has 0 saturated heterocycles. The van der Waals surface area contributed by atoms with Crippen molar-refractivity contribution in [2.24, 2.45) is 5.92 Å². The van der Waals surface area contributed by atoms with E-state index in [2.05, 4.69) is 4.72 Å². The second kappa shape index (κ2) is 6.17. The van der Waals surface area contributed by atoms with Crippen molar-refractivity contribution in [3.8, 4) is 5.75 Å². The van der Waals surface area contributed by atoms with E-state index in [9.17, 15) is 8.42 Å². The maximum Gasteiger partial charge on any atom is 0.241 e. The van der Waals surface area contributed by atoms with Crippen LogP contribution in [0.2, 0.25) is 0 Å². The zero-order chi connectivity index (χ0) is 13.8. The summed E-state index contributed by atoms with van der Waals surface area (Å²) in [4.78, 5) is 0.126. The molecule has 0 bridgehead atoms. The van der Waals surface area contributed by atoms with Gasteiger partial charge in [-0.1, -0.05) is 19.9 Å². The number of hydrogen-bond donors (Lipinski definition) is 2. The number of rotatable bonds is 6. The van der Waals surface area contributed by atoms with Gasteiger partial charge in [0.1, 0.15) is 5.75 Å². The number of sulfonamides is 1. The van der Waals surface area contributed by atoms with E-state index >= 15 is 0 Å². The first-order valence-electron chi connectivity index (χ1n) is 5.68. The molecule has 1 atom stereocenters. The van der Waals surface area contributed by atoms with Gasteiger partial charge in [-0.05, 0) is 18.1 Å². The SMILES string of the molecule is COc1cccc(S(=O)(=O)N[C@H](CO)C(C)C)c1. The van der Waals surface area contributed by atoms with Crippen molar-refractivity contribution < 1.29 is 18.3 Å². The van der Waals surface area contributed by atoms with Crippen molar-refractivity contribution in [2.45, 2.75) is 24.8 Å². The van der Waals surface area contributed by atoms with Gasteiger partial charge in [0, 0.05) is 12.1 Å². The Morgan fingerprint density at radius 3 is 2.56 bits per heavy atom. The maximum absolute atomic E-state index is 12.1. The Kier molecular flexibility index (Phi) is 5.13. The summed E-state index contributed by atoms with van der Waals surface area (Å²) in [6.45, 7) is 3.45. The van der Waals surface area contributed by atoms with Crippen LogP contribution in [-0.2, 0) is 10.0 Å². The van der Waals surface area contributed by atoms with E-state index < -0.39 is 16.1 Å². The smallest absolute Gasteiger partial charge is 0.241 e. The molecule has 6 heteroatoms. The Bertz CT molecular complexity index is 485. The first kappa shape index (κ1) is 14.9. The Balaban J connectivity index is 2.98. The van der Waals surface area contributed by atoms with E-state index in [1.807, 2.05) is 13.8 Å². The molecule has 0 aliphatic carbocycles. The molecule has 0 radical (unpaired) electrons. The first-order valence-corrected chi connectivity index (χ1v) is 7.16. The fourth-order valence-electron chi connectivity index (χ4n) is 1.42. The van der Waals surface area contributed by atoms with Crippen LogP contribution in [0.5, 0.6) is 5.75 Å². The second-order valence-electron chi connectivity index (χ2n) is 4.33. The van der Waals surface area contributed by atoms with Crippen LogP contribution in [0, 0.1) is 5.92 Å². The summed E-state index contributed by atoms with van der Waals surface area (Å²) < 4.78 is 31.7. The molecular weight excluding hydrogens is 254 g/mol. The van der Waals surface area contributed by atoms with Gasteiger partial charge < -0.3 is 9.84 Å². The Morgan fingerprint density at radius 1 is 1.39 bits per heavy atom. The van der Waals surface area contributed by atoms with Crippen molar-refractivity contribution >= 4 is 10.0 Å². The van der Waals surface area contributed by atoms with E-state index in [4.69, 9.17) is 9.84 Å². The van der Waals surface area contributed by atoms with E-state index in [-0.39, 0.29) is 17.4 Å². The summed E-state index contributed by atoms with van der Waals surface area (Å²) >= 11 is 0. The molecule has 18 heavy (non-hydrogen) atoms. The van der Waals surface area contributed by atoms with Gasteiger partial charge in [-0.25, -0.2) is 13.1 Å². The molecule has 1 aromatic carbocycles. The second-order valence-corrected chi connectivity index (χ2v) is 6.05. The lowest BCUT2D eigenvalue weighted by Crippen LogP contribution is -2.41. The summed E-state index contributed by atoms with van der Waals surface area (Å²) in [5.74, 6) is 0.485. The quantitative estimate of drug-likeness (QED) is 0.810. The van der Waals surface area contributed by atoms with Crippen LogP contribution in [0.4, 0.5) is 0 Å². The maximum atomic E-state index is 12.1. The average molecular weight is 273 g/mol. The fraction of sp³-hybridized carbons (Fsp3) is 0.500. The highest BCUT2D eigenvalue weighted by atomic mass is 32.2. The number of aliphatic hydroxyl groups is 1. The van der Waals surface area contributed by atoms with E-state index in [0.29, 0.717) is 5.75 Å². The topological polar surface area (TPSA) is 75.6 Å². The van der Waals surface area contributed by atoms with Gasteiger partial charge in [0.05, 0.1) is 18.6 Å². The molecule has 0 amide bonds. The van der Waals surface area contributed by atoms with Crippen LogP contribution < -0.4 is 9.46 Å². The number of benzene rings is 1. The van der Waals surface area contributed by atoms with Crippen molar-refractivity contribution in [2.75, 3.05) is 13.7 Å². The van der Waals surface area contributed by atoms with Gasteiger partial charge >= 0.3 is 0 Å². The van der Waals surface area contributed by atoms with Crippen LogP contribution in [0.15, 0.2) is 29.2 Å². The number of nitrogens with one attached hydrogen (secondary N) is 1. The highest BCUT2D eigenvalue weighted by molar-refractivity contribution is 7.89. The number of methoxy groups -OCH3 is 1. The van der Waals surface area contributed by atoms with Crippen LogP contribution in [-0.4, -0.2) is 33.3 Å². The van der Waals surface area contributed by atoms with Gasteiger partial charge in [0.2, 0.25) is 10.0 Å². The highest BCUT2D eigenvalue weighted by Gasteiger charge is 2.22. The fourth-order valence-corrected chi connectivity index (χ4v) is 2.83. The molecule has 0 unspecified atom stereocenters. The van der Waals surface area contributed by atoms with Gasteiger partial charge in [0.25, 0.3) is 0 Å². The van der Waals surface area contributed by atoms with Gasteiger partial charge in [-0.3, -0.25) is 0 Å². The molecule has 5 nitrogen and oxygen atoms in total. The lowest BCUT2D eigenvalue weighted by atomic mass is 10.1. The normalized spacial score (nSPS) is 13.6. The first-order chi connectivity index (χ1) is 8.40. The minimum atomic E-state index is -3.64. The lowest BCUT2D eigenvalue weighted by molar-refractivity contribution is 0.227. The molecule has 0 aliphatic rings. The molecular formula is C12H19NO4S. The minimum absolute atomic E-state index is 0.00961. The van der Waals surface area contributed by atoms with Crippen molar-refractivity contribution in [3.05, 3.63) is 24.3 Å². The standard InChI is InChI=1S/C12H19NO4S/c1-9(2)12(8-14)13-18(15,16)11-6-4-5-10(7-11)17-3/h4-7,9,12-14H,8H2,1-3H3/t12-/m1/s1. The lowest BCUT2D eigenvalue weighted by Gasteiger charge is -2.19. The third-order valence-corrected chi connectivity index (χ3v) is 4.15. The van der Waals surface area contributed by atoms with Gasteiger partial charge in [-0.2, -0.15) is 0 Å². The Morgan fingerprint density at radius 2 is 2.06 bits per heavy atom. The van der Waals surface area contributed by atoms with Crippen molar-refractivity contribution in [1.82, 2.24) is 4.72 Å². The van der Waals surface area contributed by atoms with Gasteiger partial charge in [-0.15, -0.1) is 0 Å². The zero-order valence-corrected chi connectivity index (χ0v) is 11.6. The monoisotopic (exact) mass is 273 g/mol. The van der Waals surface area contributed by atoms with Crippen molar-refractivity contribution in [1.29, 1.82) is 0 Å². The molecule has 0 fully saturated rings. The molecule has 0 saturated carbocycles. The van der Waals surface area contributed by atoms with E-state index in [1.165, 1.54) is 19.2 Å². The van der Waals surface area contributed by atoms with E-state index in [1.54, 1.807) is 12.1 Å². The summed E-state index contributed by atoms with van der Waals surface area (Å²) in [5, 5.41) is 9.16. The molecule has 102 valence electrons. The summed E-state index contributed by atoms with van der Waals surface area (Å²) in [6.07, 6.45) is 0. The number of aliphatic hydroxyl groups excluding tert-OH is 1. The number of ether oxygens (including phenoxy) is 1. The van der Waals surface area contributed by atoms with Crippen LogP contribution in [0.3, 0.4) is 0 Å². The largest absolute Gasteiger partial charge is 0.497 e. The zero-order valence-electron chi connectivity index (χ0n) is 10.8. The van der Waals surface area contributed by atoms with Crippen LogP contribution in [0.25, 0.3) is 0 Å². The van der Waals surface area contributed by atoms with Crippen molar-refractivity contribution in [3.63, 3.8) is 0 Å². The summed E-state index contributed by atoms with van der Waals surface area (Å²) in [7, 11) is -2.16. The summed E-state index contributed by atoms with van der Waals surface area (Å²) in [5.41, 5.74) is 0. The average Bonchev–Trinajstić information content (AvgIpc) is 2.35. The molecule has 1 rings (SSSR count). The third kappa shape index (κ3) is 3.69. The predicted octanol–water partition coefficient (Wildman–Crippen LogP) is 0.990. The number of hydrogen-bond acceptors (Lipinski definition) is 4. The van der Waals surface area contributed by atoms with Crippen LogP contribution >= 0.6 is 0 Å². The molecule has 0 aromatic heterocycles. The molecule has 0 heterocycles. The molecule has 0 aliphatic heterocycles. The Hall–Kier alpha value is -1.11. The van der Waals surface area contributed by atoms with Gasteiger partial charge in [0.15, 0.2) is 0 Å².